The fourth-order valence-corrected chi connectivity index (χ4v) is 1.82. The maximum Gasteiger partial charge on any atom is 0.00168 e. The molecule has 59 valence electrons. The summed E-state index contributed by atoms with van der Waals surface area (Å²) in [6.45, 7) is 0. The fourth-order valence-electron chi connectivity index (χ4n) is 1.46. The lowest BCUT2D eigenvalue weighted by molar-refractivity contribution is 0.642. The predicted molar refractivity (Wildman–Crippen MR) is 49.4 cm³/mol. The lowest BCUT2D eigenvalue weighted by Gasteiger charge is -2.06. The zero-order chi connectivity index (χ0) is 7.23. The molecule has 1 atom stereocenters. The molecule has 0 aromatic rings. The van der Waals surface area contributed by atoms with Crippen LogP contribution in [-0.4, -0.2) is 5.25 Å². The molecule has 1 fully saturated rings. The van der Waals surface area contributed by atoms with E-state index in [1.807, 2.05) is 0 Å². The molecule has 0 aliphatic heterocycles. The van der Waals surface area contributed by atoms with Gasteiger partial charge in [-0.3, -0.25) is 0 Å². The smallest absolute Gasteiger partial charge is 0.00168 e. The van der Waals surface area contributed by atoms with Crippen LogP contribution in [0.4, 0.5) is 0 Å². The van der Waals surface area contributed by atoms with Crippen LogP contribution in [-0.2, 0) is 0 Å². The van der Waals surface area contributed by atoms with Crippen molar-refractivity contribution >= 4 is 12.6 Å². The lowest BCUT2D eigenvalue weighted by Crippen LogP contribution is -1.96. The molecule has 0 saturated heterocycles. The second kappa shape index (κ2) is 5.06. The zero-order valence-electron chi connectivity index (χ0n) is 6.55. The third-order valence-electron chi connectivity index (χ3n) is 2.14. The van der Waals surface area contributed by atoms with Gasteiger partial charge in [0.2, 0.25) is 0 Å². The Labute approximate surface area is 69.8 Å². The van der Waals surface area contributed by atoms with Gasteiger partial charge < -0.3 is 0 Å². The zero-order valence-corrected chi connectivity index (χ0v) is 7.45. The first-order valence-electron chi connectivity index (χ1n) is 4.39. The van der Waals surface area contributed by atoms with Crippen molar-refractivity contribution in [3.8, 4) is 0 Å². The fraction of sp³-hybridized carbons (Fsp3) is 0.889. The maximum atomic E-state index is 4.51. The van der Waals surface area contributed by atoms with Crippen molar-refractivity contribution in [3.05, 3.63) is 6.42 Å². The molecule has 0 heterocycles. The van der Waals surface area contributed by atoms with E-state index >= 15 is 0 Å². The predicted octanol–water partition coefficient (Wildman–Crippen LogP) is 3.23. The van der Waals surface area contributed by atoms with Crippen molar-refractivity contribution in [1.82, 2.24) is 0 Å². The normalized spacial score (nSPS) is 24.9. The first kappa shape index (κ1) is 8.45. The Bertz CT molecular complexity index is 70.8. The summed E-state index contributed by atoms with van der Waals surface area (Å²) in [5, 5.41) is 0.687. The molecule has 0 aromatic carbocycles. The van der Waals surface area contributed by atoms with E-state index in [0.29, 0.717) is 5.25 Å². The summed E-state index contributed by atoms with van der Waals surface area (Å²) in [7, 11) is 0. The van der Waals surface area contributed by atoms with Crippen molar-refractivity contribution in [2.24, 2.45) is 0 Å². The highest BCUT2D eigenvalue weighted by atomic mass is 32.1. The summed E-state index contributed by atoms with van der Waals surface area (Å²) in [5.74, 6) is 0. The third kappa shape index (κ3) is 3.50. The first-order chi connectivity index (χ1) is 4.89. The standard InChI is InChI=1S/C9H17S/c10-9-7-5-3-1-2-4-6-8-9/h1,9-10H,2-8H2. The molecule has 1 aliphatic carbocycles. The molecule has 1 aliphatic rings. The highest BCUT2D eigenvalue weighted by molar-refractivity contribution is 7.80. The Morgan fingerprint density at radius 2 is 1.70 bits per heavy atom. The average molecular weight is 157 g/mol. The second-order valence-corrected chi connectivity index (χ2v) is 3.89. The lowest BCUT2D eigenvalue weighted by atomic mass is 10.1. The van der Waals surface area contributed by atoms with Gasteiger partial charge in [-0.15, -0.1) is 0 Å². The van der Waals surface area contributed by atoms with Gasteiger partial charge in [0.15, 0.2) is 0 Å². The van der Waals surface area contributed by atoms with Gasteiger partial charge in [-0.1, -0.05) is 32.1 Å². The Balaban J connectivity index is 2.15. The molecule has 0 spiro atoms. The largest absolute Gasteiger partial charge is 0.176 e. The quantitative estimate of drug-likeness (QED) is 0.513. The van der Waals surface area contributed by atoms with Crippen molar-refractivity contribution in [2.75, 3.05) is 0 Å². The van der Waals surface area contributed by atoms with E-state index in [4.69, 9.17) is 0 Å². The van der Waals surface area contributed by atoms with E-state index < -0.39 is 0 Å². The van der Waals surface area contributed by atoms with Crippen molar-refractivity contribution in [1.29, 1.82) is 0 Å². The van der Waals surface area contributed by atoms with Crippen molar-refractivity contribution in [3.63, 3.8) is 0 Å². The summed E-state index contributed by atoms with van der Waals surface area (Å²) in [6.07, 6.45) is 11.9. The number of rotatable bonds is 0. The van der Waals surface area contributed by atoms with Crippen LogP contribution in [0.3, 0.4) is 0 Å². The van der Waals surface area contributed by atoms with E-state index in [2.05, 4.69) is 19.0 Å². The highest BCUT2D eigenvalue weighted by Gasteiger charge is 2.04. The molecule has 0 N–H and O–H groups in total. The van der Waals surface area contributed by atoms with E-state index in [1.54, 1.807) is 0 Å². The van der Waals surface area contributed by atoms with Crippen molar-refractivity contribution in [2.45, 2.75) is 50.2 Å². The average Bonchev–Trinajstić information content (AvgIpc) is 2.02. The molecule has 0 amide bonds. The summed E-state index contributed by atoms with van der Waals surface area (Å²) < 4.78 is 0. The molecule has 1 saturated carbocycles. The number of hydrogen-bond donors (Lipinski definition) is 1. The molecule has 1 unspecified atom stereocenters. The van der Waals surface area contributed by atoms with E-state index in [-0.39, 0.29) is 0 Å². The molecule has 1 radical (unpaired) electrons. The summed E-state index contributed by atoms with van der Waals surface area (Å²) in [6, 6.07) is 0. The third-order valence-corrected chi connectivity index (χ3v) is 2.66. The van der Waals surface area contributed by atoms with Gasteiger partial charge >= 0.3 is 0 Å². The van der Waals surface area contributed by atoms with Crippen LogP contribution in [0.2, 0.25) is 0 Å². The van der Waals surface area contributed by atoms with Crippen LogP contribution >= 0.6 is 12.6 Å². The van der Waals surface area contributed by atoms with Crippen LogP contribution in [0.15, 0.2) is 0 Å². The molecular formula is C9H17S. The Morgan fingerprint density at radius 1 is 1.00 bits per heavy atom. The topological polar surface area (TPSA) is 0 Å². The monoisotopic (exact) mass is 157 g/mol. The van der Waals surface area contributed by atoms with Crippen LogP contribution in [0.25, 0.3) is 0 Å². The Hall–Kier alpha value is 0.350. The van der Waals surface area contributed by atoms with Gasteiger partial charge in [0.25, 0.3) is 0 Å². The van der Waals surface area contributed by atoms with Crippen LogP contribution in [0.5, 0.6) is 0 Å². The van der Waals surface area contributed by atoms with E-state index in [9.17, 15) is 0 Å². The SMILES string of the molecule is SC1CCC[CH]CCCC1. The minimum atomic E-state index is 0.687. The first-order valence-corrected chi connectivity index (χ1v) is 4.91. The Kier molecular flexibility index (Phi) is 4.27. The number of thiol groups is 1. The molecule has 0 bridgehead atoms. The molecular weight excluding hydrogens is 140 g/mol. The summed E-state index contributed by atoms with van der Waals surface area (Å²) in [5.41, 5.74) is 0. The molecule has 0 aromatic heterocycles. The summed E-state index contributed by atoms with van der Waals surface area (Å²) in [4.78, 5) is 0. The molecule has 10 heavy (non-hydrogen) atoms. The van der Waals surface area contributed by atoms with Gasteiger partial charge in [-0.05, 0) is 19.3 Å². The maximum absolute atomic E-state index is 4.51. The van der Waals surface area contributed by atoms with Gasteiger partial charge in [0, 0.05) is 5.25 Å². The van der Waals surface area contributed by atoms with E-state index in [0.717, 1.165) is 0 Å². The minimum absolute atomic E-state index is 0.687. The summed E-state index contributed by atoms with van der Waals surface area (Å²) >= 11 is 4.51. The minimum Gasteiger partial charge on any atom is -0.176 e. The number of hydrogen-bond acceptors (Lipinski definition) is 1. The highest BCUT2D eigenvalue weighted by Crippen LogP contribution is 2.19. The molecule has 1 rings (SSSR count). The van der Waals surface area contributed by atoms with E-state index in [1.165, 1.54) is 44.9 Å². The van der Waals surface area contributed by atoms with Crippen LogP contribution < -0.4 is 0 Å². The van der Waals surface area contributed by atoms with Crippen molar-refractivity contribution < 1.29 is 0 Å². The molecule has 1 heteroatoms. The molecule has 0 nitrogen and oxygen atoms in total. The van der Waals surface area contributed by atoms with Gasteiger partial charge in [-0.2, -0.15) is 12.6 Å². The Morgan fingerprint density at radius 3 is 2.60 bits per heavy atom. The van der Waals surface area contributed by atoms with Crippen LogP contribution in [0.1, 0.15) is 44.9 Å². The second-order valence-electron chi connectivity index (χ2n) is 3.16. The van der Waals surface area contributed by atoms with Gasteiger partial charge in [0.1, 0.15) is 0 Å². The van der Waals surface area contributed by atoms with Gasteiger partial charge in [0.05, 0.1) is 0 Å². The van der Waals surface area contributed by atoms with Crippen LogP contribution in [0, 0.1) is 6.42 Å². The van der Waals surface area contributed by atoms with Gasteiger partial charge in [-0.25, -0.2) is 0 Å².